The van der Waals surface area contributed by atoms with Crippen LogP contribution in [0.2, 0.25) is 0 Å². The number of hydrogen-bond donors (Lipinski definition) is 0. The quantitative estimate of drug-likeness (QED) is 0.550. The van der Waals surface area contributed by atoms with E-state index in [1.807, 2.05) is 0 Å². The molecule has 0 heterocycles. The molecule has 48 valence electrons. The van der Waals surface area contributed by atoms with Crippen molar-refractivity contribution in [2.24, 2.45) is 5.41 Å². The summed E-state index contributed by atoms with van der Waals surface area (Å²) in [5, 5.41) is 0.410. The van der Waals surface area contributed by atoms with E-state index >= 15 is 0 Å². The van der Waals surface area contributed by atoms with Crippen LogP contribution in [0.4, 0.5) is 8.78 Å². The molecule has 0 radical (unpaired) electrons. The normalized spacial score (nSPS) is 42.0. The SMILES string of the molecule is CC1(CBr)CC1(F)F. The molecule has 0 aliphatic heterocycles. The van der Waals surface area contributed by atoms with Crippen molar-refractivity contribution in [1.82, 2.24) is 0 Å². The Morgan fingerprint density at radius 1 is 1.62 bits per heavy atom. The van der Waals surface area contributed by atoms with Gasteiger partial charge >= 0.3 is 0 Å². The maximum Gasteiger partial charge on any atom is 0.255 e. The smallest absolute Gasteiger partial charge is 0.206 e. The molecular formula is C5H7BrF2. The summed E-state index contributed by atoms with van der Waals surface area (Å²) in [6.07, 6.45) is 0.0469. The fraction of sp³-hybridized carbons (Fsp3) is 1.00. The van der Waals surface area contributed by atoms with Crippen LogP contribution in [0, 0.1) is 5.41 Å². The molecule has 0 spiro atoms. The zero-order valence-electron chi connectivity index (χ0n) is 4.55. The molecule has 1 atom stereocenters. The molecule has 8 heavy (non-hydrogen) atoms. The predicted molar refractivity (Wildman–Crippen MR) is 31.5 cm³/mol. The summed E-state index contributed by atoms with van der Waals surface area (Å²) in [6, 6.07) is 0. The molecule has 0 bridgehead atoms. The van der Waals surface area contributed by atoms with Gasteiger partial charge in [0.25, 0.3) is 5.92 Å². The van der Waals surface area contributed by atoms with Gasteiger partial charge in [0.1, 0.15) is 0 Å². The largest absolute Gasteiger partial charge is 0.255 e. The average Bonchev–Trinajstić information content (AvgIpc) is 2.10. The van der Waals surface area contributed by atoms with Gasteiger partial charge in [-0.2, -0.15) is 0 Å². The van der Waals surface area contributed by atoms with Crippen LogP contribution in [-0.2, 0) is 0 Å². The molecule has 0 amide bonds. The van der Waals surface area contributed by atoms with Crippen molar-refractivity contribution in [2.75, 3.05) is 5.33 Å². The van der Waals surface area contributed by atoms with E-state index in [0.29, 0.717) is 5.33 Å². The molecule has 1 rings (SSSR count). The van der Waals surface area contributed by atoms with Crippen LogP contribution < -0.4 is 0 Å². The van der Waals surface area contributed by atoms with Gasteiger partial charge in [0, 0.05) is 17.2 Å². The van der Waals surface area contributed by atoms with E-state index in [0.717, 1.165) is 0 Å². The summed E-state index contributed by atoms with van der Waals surface area (Å²) in [4.78, 5) is 0. The Labute approximate surface area is 55.4 Å². The van der Waals surface area contributed by atoms with Gasteiger partial charge < -0.3 is 0 Å². The van der Waals surface area contributed by atoms with Gasteiger partial charge in [0.15, 0.2) is 0 Å². The first-order valence-electron chi connectivity index (χ1n) is 2.46. The average molecular weight is 185 g/mol. The summed E-state index contributed by atoms with van der Waals surface area (Å²) < 4.78 is 24.3. The molecule has 0 aromatic rings. The lowest BCUT2D eigenvalue weighted by atomic mass is 10.2. The predicted octanol–water partition coefficient (Wildman–Crippen LogP) is 2.43. The lowest BCUT2D eigenvalue weighted by molar-refractivity contribution is 0.0779. The minimum Gasteiger partial charge on any atom is -0.206 e. The molecule has 1 unspecified atom stereocenters. The van der Waals surface area contributed by atoms with Crippen LogP contribution in [-0.4, -0.2) is 11.3 Å². The van der Waals surface area contributed by atoms with E-state index in [1.54, 1.807) is 6.92 Å². The number of alkyl halides is 3. The topological polar surface area (TPSA) is 0 Å². The van der Waals surface area contributed by atoms with Crippen LogP contribution in [0.3, 0.4) is 0 Å². The van der Waals surface area contributed by atoms with Crippen LogP contribution >= 0.6 is 15.9 Å². The number of rotatable bonds is 1. The van der Waals surface area contributed by atoms with Crippen molar-refractivity contribution in [3.05, 3.63) is 0 Å². The number of halogens is 3. The van der Waals surface area contributed by atoms with Gasteiger partial charge in [0.2, 0.25) is 0 Å². The van der Waals surface area contributed by atoms with E-state index in [2.05, 4.69) is 15.9 Å². The van der Waals surface area contributed by atoms with Crippen molar-refractivity contribution in [2.45, 2.75) is 19.3 Å². The molecule has 1 aliphatic carbocycles. The highest BCUT2D eigenvalue weighted by Crippen LogP contribution is 2.60. The minimum atomic E-state index is -2.39. The van der Waals surface area contributed by atoms with Gasteiger partial charge in [-0.05, 0) is 0 Å². The Morgan fingerprint density at radius 3 is 2.00 bits per heavy atom. The Morgan fingerprint density at radius 2 is 2.00 bits per heavy atom. The first-order valence-corrected chi connectivity index (χ1v) is 3.58. The monoisotopic (exact) mass is 184 g/mol. The van der Waals surface area contributed by atoms with E-state index in [4.69, 9.17) is 0 Å². The summed E-state index contributed by atoms with van der Waals surface area (Å²) in [5.74, 6) is -2.39. The summed E-state index contributed by atoms with van der Waals surface area (Å²) in [5.41, 5.74) is -0.729. The van der Waals surface area contributed by atoms with E-state index in [9.17, 15) is 8.78 Å². The first-order chi connectivity index (χ1) is 3.52. The Bertz CT molecular complexity index is 113. The lowest BCUT2D eigenvalue weighted by Crippen LogP contribution is -2.06. The molecule has 0 aromatic carbocycles. The van der Waals surface area contributed by atoms with Gasteiger partial charge in [-0.1, -0.05) is 22.9 Å². The molecule has 0 saturated heterocycles. The Kier molecular flexibility index (Phi) is 1.16. The van der Waals surface area contributed by atoms with Crippen LogP contribution in [0.5, 0.6) is 0 Å². The summed E-state index contributed by atoms with van der Waals surface area (Å²) in [7, 11) is 0. The van der Waals surface area contributed by atoms with Crippen molar-refractivity contribution < 1.29 is 8.78 Å². The van der Waals surface area contributed by atoms with Crippen molar-refractivity contribution in [3.63, 3.8) is 0 Å². The molecule has 1 aliphatic rings. The van der Waals surface area contributed by atoms with Gasteiger partial charge in [-0.25, -0.2) is 8.78 Å². The third-order valence-corrected chi connectivity index (χ3v) is 2.90. The van der Waals surface area contributed by atoms with Crippen LogP contribution in [0.1, 0.15) is 13.3 Å². The van der Waals surface area contributed by atoms with Crippen LogP contribution in [0.15, 0.2) is 0 Å². The molecule has 1 saturated carbocycles. The van der Waals surface area contributed by atoms with Crippen molar-refractivity contribution in [3.8, 4) is 0 Å². The number of hydrogen-bond acceptors (Lipinski definition) is 0. The van der Waals surface area contributed by atoms with Gasteiger partial charge in [0.05, 0.1) is 0 Å². The third-order valence-electron chi connectivity index (χ3n) is 1.67. The van der Waals surface area contributed by atoms with E-state index in [-0.39, 0.29) is 6.42 Å². The fourth-order valence-corrected chi connectivity index (χ4v) is 1.20. The molecule has 0 nitrogen and oxygen atoms in total. The molecular weight excluding hydrogens is 178 g/mol. The minimum absolute atomic E-state index is 0.0469. The van der Waals surface area contributed by atoms with Gasteiger partial charge in [-0.15, -0.1) is 0 Å². The maximum absolute atomic E-state index is 12.2. The first kappa shape index (κ1) is 6.46. The highest BCUT2D eigenvalue weighted by molar-refractivity contribution is 9.09. The molecule has 0 aromatic heterocycles. The molecule has 0 N–H and O–H groups in total. The zero-order chi connectivity index (χ0) is 6.41. The third kappa shape index (κ3) is 0.677. The zero-order valence-corrected chi connectivity index (χ0v) is 6.13. The standard InChI is InChI=1S/C5H7BrF2/c1-4(3-6)2-5(4,7)8/h2-3H2,1H3. The second-order valence-corrected chi connectivity index (χ2v) is 3.14. The van der Waals surface area contributed by atoms with E-state index in [1.165, 1.54) is 0 Å². The van der Waals surface area contributed by atoms with Crippen LogP contribution in [0.25, 0.3) is 0 Å². The molecule has 3 heteroatoms. The molecule has 1 fully saturated rings. The highest BCUT2D eigenvalue weighted by atomic mass is 79.9. The van der Waals surface area contributed by atoms with Crippen molar-refractivity contribution in [1.29, 1.82) is 0 Å². The second-order valence-electron chi connectivity index (χ2n) is 2.58. The lowest BCUT2D eigenvalue weighted by Gasteiger charge is -2.01. The van der Waals surface area contributed by atoms with Gasteiger partial charge in [-0.3, -0.25) is 0 Å². The Hall–Kier alpha value is 0.340. The van der Waals surface area contributed by atoms with E-state index < -0.39 is 11.3 Å². The summed E-state index contributed by atoms with van der Waals surface area (Å²) in [6.45, 7) is 1.59. The fourth-order valence-electron chi connectivity index (χ4n) is 0.591. The Balaban J connectivity index is 2.55. The maximum atomic E-state index is 12.2. The highest BCUT2D eigenvalue weighted by Gasteiger charge is 2.66. The van der Waals surface area contributed by atoms with Crippen molar-refractivity contribution >= 4 is 15.9 Å². The second kappa shape index (κ2) is 1.43. The summed E-state index contributed by atoms with van der Waals surface area (Å²) >= 11 is 3.03.